The number of hydrogen-bond donors (Lipinski definition) is 0. The van der Waals surface area contributed by atoms with Crippen LogP contribution in [0, 0.1) is 6.92 Å². The quantitative estimate of drug-likeness (QED) is 0.724. The molecule has 7 heteroatoms. The standard InChI is InChI=1S/C14H10F3N3O/c1-9-13-8-11(6-7-20(13)19-18-9)10-2-4-12(5-3-10)21-14(15,16)17/h2-8H,1H3. The second-order valence-corrected chi connectivity index (χ2v) is 4.49. The van der Waals surface area contributed by atoms with Crippen LogP contribution in [0.2, 0.25) is 0 Å². The van der Waals surface area contributed by atoms with Crippen molar-refractivity contribution in [1.82, 2.24) is 14.8 Å². The summed E-state index contributed by atoms with van der Waals surface area (Å²) in [5.41, 5.74) is 3.29. The zero-order valence-corrected chi connectivity index (χ0v) is 10.9. The summed E-state index contributed by atoms with van der Waals surface area (Å²) in [5, 5.41) is 7.88. The molecule has 0 unspecified atom stereocenters. The lowest BCUT2D eigenvalue weighted by atomic mass is 10.1. The van der Waals surface area contributed by atoms with E-state index in [0.29, 0.717) is 0 Å². The van der Waals surface area contributed by atoms with E-state index in [4.69, 9.17) is 0 Å². The van der Waals surface area contributed by atoms with Gasteiger partial charge in [0.15, 0.2) is 0 Å². The molecule has 0 aliphatic rings. The Morgan fingerprint density at radius 3 is 2.43 bits per heavy atom. The van der Waals surface area contributed by atoms with E-state index in [9.17, 15) is 13.2 Å². The molecule has 0 amide bonds. The van der Waals surface area contributed by atoms with Gasteiger partial charge in [0.2, 0.25) is 0 Å². The Kier molecular flexibility index (Phi) is 3.04. The number of halogens is 3. The highest BCUT2D eigenvalue weighted by Crippen LogP contribution is 2.27. The number of aryl methyl sites for hydroxylation is 1. The van der Waals surface area contributed by atoms with Crippen molar-refractivity contribution in [3.63, 3.8) is 0 Å². The van der Waals surface area contributed by atoms with Crippen molar-refractivity contribution in [3.05, 3.63) is 48.3 Å². The summed E-state index contributed by atoms with van der Waals surface area (Å²) in [4.78, 5) is 0. The first-order chi connectivity index (χ1) is 9.92. The number of alkyl halides is 3. The lowest BCUT2D eigenvalue weighted by Crippen LogP contribution is -2.16. The van der Waals surface area contributed by atoms with Crippen LogP contribution in [0.5, 0.6) is 5.75 Å². The second-order valence-electron chi connectivity index (χ2n) is 4.49. The Hall–Kier alpha value is -2.57. The van der Waals surface area contributed by atoms with E-state index in [-0.39, 0.29) is 5.75 Å². The van der Waals surface area contributed by atoms with Crippen molar-refractivity contribution in [2.75, 3.05) is 0 Å². The molecule has 0 saturated carbocycles. The van der Waals surface area contributed by atoms with Crippen LogP contribution < -0.4 is 4.74 Å². The summed E-state index contributed by atoms with van der Waals surface area (Å²) in [7, 11) is 0. The molecule has 1 aromatic carbocycles. The number of aromatic nitrogens is 3. The number of nitrogens with zero attached hydrogens (tertiary/aromatic N) is 3. The number of rotatable bonds is 2. The van der Waals surface area contributed by atoms with E-state index in [1.807, 2.05) is 19.1 Å². The molecule has 0 aliphatic carbocycles. The lowest BCUT2D eigenvalue weighted by Gasteiger charge is -2.09. The van der Waals surface area contributed by atoms with E-state index in [0.717, 1.165) is 22.3 Å². The maximum absolute atomic E-state index is 12.1. The topological polar surface area (TPSA) is 39.4 Å². The second kappa shape index (κ2) is 4.76. The molecule has 0 atom stereocenters. The molecule has 0 N–H and O–H groups in total. The van der Waals surface area contributed by atoms with Gasteiger partial charge in [0.25, 0.3) is 0 Å². The van der Waals surface area contributed by atoms with E-state index >= 15 is 0 Å². The Labute approximate surface area is 117 Å². The Morgan fingerprint density at radius 1 is 1.05 bits per heavy atom. The summed E-state index contributed by atoms with van der Waals surface area (Å²) in [6, 6.07) is 9.43. The molecular weight excluding hydrogens is 283 g/mol. The van der Waals surface area contributed by atoms with Gasteiger partial charge in [-0.3, -0.25) is 0 Å². The van der Waals surface area contributed by atoms with Crippen molar-refractivity contribution in [2.24, 2.45) is 0 Å². The largest absolute Gasteiger partial charge is 0.573 e. The molecule has 0 spiro atoms. The molecule has 0 fully saturated rings. The lowest BCUT2D eigenvalue weighted by molar-refractivity contribution is -0.274. The van der Waals surface area contributed by atoms with Gasteiger partial charge in [0.05, 0.1) is 11.2 Å². The summed E-state index contributed by atoms with van der Waals surface area (Å²) in [6.07, 6.45) is -2.93. The van der Waals surface area contributed by atoms with E-state index in [1.54, 1.807) is 22.8 Å². The van der Waals surface area contributed by atoms with Crippen molar-refractivity contribution in [1.29, 1.82) is 0 Å². The van der Waals surface area contributed by atoms with Crippen LogP contribution >= 0.6 is 0 Å². The van der Waals surface area contributed by atoms with Gasteiger partial charge in [0.1, 0.15) is 5.75 Å². The van der Waals surface area contributed by atoms with Crippen LogP contribution in [0.25, 0.3) is 16.6 Å². The third-order valence-electron chi connectivity index (χ3n) is 3.02. The average Bonchev–Trinajstić information content (AvgIpc) is 2.79. The van der Waals surface area contributed by atoms with E-state index in [1.165, 1.54) is 12.1 Å². The molecule has 0 radical (unpaired) electrons. The zero-order valence-electron chi connectivity index (χ0n) is 10.9. The normalized spacial score (nSPS) is 11.8. The smallest absolute Gasteiger partial charge is 0.406 e. The molecular formula is C14H10F3N3O. The van der Waals surface area contributed by atoms with Crippen LogP contribution in [0.1, 0.15) is 5.69 Å². The molecule has 4 nitrogen and oxygen atoms in total. The predicted octanol–water partition coefficient (Wildman–Crippen LogP) is 3.60. The van der Waals surface area contributed by atoms with Crippen molar-refractivity contribution in [2.45, 2.75) is 13.3 Å². The molecule has 3 rings (SSSR count). The van der Waals surface area contributed by atoms with Gasteiger partial charge in [-0.25, -0.2) is 4.52 Å². The first kappa shape index (κ1) is 13.4. The number of pyridine rings is 1. The maximum Gasteiger partial charge on any atom is 0.573 e. The van der Waals surface area contributed by atoms with E-state index < -0.39 is 6.36 Å². The number of hydrogen-bond acceptors (Lipinski definition) is 3. The molecule has 108 valence electrons. The fourth-order valence-corrected chi connectivity index (χ4v) is 2.04. The van der Waals surface area contributed by atoms with E-state index in [2.05, 4.69) is 15.0 Å². The van der Waals surface area contributed by atoms with Crippen molar-refractivity contribution in [3.8, 4) is 16.9 Å². The maximum atomic E-state index is 12.1. The number of benzene rings is 1. The highest BCUT2D eigenvalue weighted by molar-refractivity contribution is 5.70. The predicted molar refractivity (Wildman–Crippen MR) is 69.8 cm³/mol. The van der Waals surface area contributed by atoms with Gasteiger partial charge in [-0.1, -0.05) is 17.3 Å². The number of ether oxygens (including phenoxy) is 1. The zero-order chi connectivity index (χ0) is 15.0. The van der Waals surface area contributed by atoms with Crippen molar-refractivity contribution < 1.29 is 17.9 Å². The van der Waals surface area contributed by atoms with Crippen LogP contribution in [0.3, 0.4) is 0 Å². The van der Waals surface area contributed by atoms with Crippen molar-refractivity contribution >= 4 is 5.52 Å². The molecule has 2 heterocycles. The molecule has 21 heavy (non-hydrogen) atoms. The van der Waals surface area contributed by atoms with Crippen LogP contribution in [0.15, 0.2) is 42.6 Å². The Bertz CT molecular complexity index is 778. The molecule has 0 aliphatic heterocycles. The first-order valence-electron chi connectivity index (χ1n) is 6.10. The fourth-order valence-electron chi connectivity index (χ4n) is 2.04. The highest BCUT2D eigenvalue weighted by Gasteiger charge is 2.30. The highest BCUT2D eigenvalue weighted by atomic mass is 19.4. The average molecular weight is 293 g/mol. The molecule has 0 bridgehead atoms. The molecule has 2 aromatic heterocycles. The monoisotopic (exact) mass is 293 g/mol. The minimum Gasteiger partial charge on any atom is -0.406 e. The summed E-state index contributed by atoms with van der Waals surface area (Å²) >= 11 is 0. The summed E-state index contributed by atoms with van der Waals surface area (Å²) in [6.45, 7) is 1.84. The van der Waals surface area contributed by atoms with Gasteiger partial charge in [-0.2, -0.15) is 0 Å². The molecule has 3 aromatic rings. The third kappa shape index (κ3) is 2.81. The first-order valence-corrected chi connectivity index (χ1v) is 6.10. The van der Waals surface area contributed by atoms with Crippen LogP contribution in [0.4, 0.5) is 13.2 Å². The fraction of sp³-hybridized carbons (Fsp3) is 0.143. The van der Waals surface area contributed by atoms with Crippen LogP contribution in [-0.4, -0.2) is 21.2 Å². The Morgan fingerprint density at radius 2 is 1.76 bits per heavy atom. The van der Waals surface area contributed by atoms with Gasteiger partial charge < -0.3 is 4.74 Å². The van der Waals surface area contributed by atoms with Gasteiger partial charge in [-0.05, 0) is 42.3 Å². The Balaban J connectivity index is 1.93. The third-order valence-corrected chi connectivity index (χ3v) is 3.02. The van der Waals surface area contributed by atoms with Gasteiger partial charge >= 0.3 is 6.36 Å². The van der Waals surface area contributed by atoms with Gasteiger partial charge in [0, 0.05) is 6.20 Å². The van der Waals surface area contributed by atoms with Gasteiger partial charge in [-0.15, -0.1) is 18.3 Å². The minimum absolute atomic E-state index is 0.241. The summed E-state index contributed by atoms with van der Waals surface area (Å²) in [5.74, 6) is -0.241. The SMILES string of the molecule is Cc1nnn2ccc(-c3ccc(OC(F)(F)F)cc3)cc12. The summed E-state index contributed by atoms with van der Waals surface area (Å²) < 4.78 is 41.8. The number of fused-ring (bicyclic) bond motifs is 1. The van der Waals surface area contributed by atoms with Crippen LogP contribution in [-0.2, 0) is 0 Å². The molecule has 0 saturated heterocycles. The minimum atomic E-state index is -4.68.